The normalized spacial score (nSPS) is 21.7. The molecular formula is C24H20FN3O3. The summed E-state index contributed by atoms with van der Waals surface area (Å²) in [6.07, 6.45) is 3.12. The van der Waals surface area contributed by atoms with Gasteiger partial charge >= 0.3 is 0 Å². The third kappa shape index (κ3) is 3.00. The number of pyridine rings is 1. The summed E-state index contributed by atoms with van der Waals surface area (Å²) in [6.45, 7) is 0.0214. The number of para-hydroxylation sites is 1. The molecule has 2 aliphatic rings. The molecule has 0 spiro atoms. The Morgan fingerprint density at radius 3 is 2.45 bits per heavy atom. The van der Waals surface area contributed by atoms with Gasteiger partial charge in [-0.3, -0.25) is 14.6 Å². The maximum atomic E-state index is 14.3. The topological polar surface area (TPSA) is 73.7 Å². The second-order valence-electron chi connectivity index (χ2n) is 7.75. The van der Waals surface area contributed by atoms with E-state index in [0.717, 1.165) is 11.3 Å². The third-order valence-electron chi connectivity index (χ3n) is 6.20. The number of rotatable bonds is 3. The van der Waals surface area contributed by atoms with E-state index in [9.17, 15) is 19.1 Å². The molecule has 2 aliphatic heterocycles. The van der Waals surface area contributed by atoms with Crippen molar-refractivity contribution in [3.63, 3.8) is 0 Å². The van der Waals surface area contributed by atoms with Crippen LogP contribution in [0.1, 0.15) is 32.2 Å². The van der Waals surface area contributed by atoms with Crippen LogP contribution in [0.15, 0.2) is 73.1 Å². The first kappa shape index (κ1) is 19.4. The standard InChI is InChI=1S/C24H20FN3O3/c25-18-7-3-1-5-16(18)24(31)28-20-13-27(23(30)15-9-11-26-12-10-15)19-8-4-2-6-17(19)22(20)21(28)14-29/h1-12,20-22,29H,13-14H2/t20-,21+,22+/m0/s1. The Kier molecular flexibility index (Phi) is 4.75. The van der Waals surface area contributed by atoms with Gasteiger partial charge in [0.25, 0.3) is 11.8 Å². The number of benzene rings is 2. The van der Waals surface area contributed by atoms with E-state index in [4.69, 9.17) is 0 Å². The molecule has 2 aromatic carbocycles. The molecule has 0 radical (unpaired) electrons. The fourth-order valence-electron chi connectivity index (χ4n) is 4.78. The van der Waals surface area contributed by atoms with Crippen LogP contribution in [-0.2, 0) is 0 Å². The minimum atomic E-state index is -0.603. The smallest absolute Gasteiger partial charge is 0.258 e. The lowest BCUT2D eigenvalue weighted by molar-refractivity contribution is -0.0249. The van der Waals surface area contributed by atoms with Crippen LogP contribution in [0.4, 0.5) is 10.1 Å². The van der Waals surface area contributed by atoms with Crippen LogP contribution in [0.3, 0.4) is 0 Å². The number of amides is 2. The molecule has 31 heavy (non-hydrogen) atoms. The van der Waals surface area contributed by atoms with Crippen LogP contribution >= 0.6 is 0 Å². The minimum Gasteiger partial charge on any atom is -0.394 e. The van der Waals surface area contributed by atoms with Gasteiger partial charge in [-0.05, 0) is 35.9 Å². The molecule has 3 atom stereocenters. The maximum absolute atomic E-state index is 14.3. The van der Waals surface area contributed by atoms with E-state index in [1.165, 1.54) is 23.1 Å². The fourth-order valence-corrected chi connectivity index (χ4v) is 4.78. The van der Waals surface area contributed by atoms with Crippen LogP contribution in [0.5, 0.6) is 0 Å². The number of aliphatic hydroxyl groups excluding tert-OH is 1. The van der Waals surface area contributed by atoms with Gasteiger partial charge in [0.2, 0.25) is 0 Å². The summed E-state index contributed by atoms with van der Waals surface area (Å²) in [7, 11) is 0. The van der Waals surface area contributed by atoms with Crippen molar-refractivity contribution in [3.8, 4) is 0 Å². The summed E-state index contributed by atoms with van der Waals surface area (Å²) in [5.41, 5.74) is 2.12. The largest absolute Gasteiger partial charge is 0.394 e. The number of halogens is 1. The molecule has 6 nitrogen and oxygen atoms in total. The average Bonchev–Trinajstić information content (AvgIpc) is 2.79. The number of fused-ring (bicyclic) bond motifs is 3. The maximum Gasteiger partial charge on any atom is 0.258 e. The van der Waals surface area contributed by atoms with Crippen molar-refractivity contribution in [1.82, 2.24) is 9.88 Å². The second-order valence-corrected chi connectivity index (χ2v) is 7.75. The number of carbonyl (C=O) groups excluding carboxylic acids is 2. The highest BCUT2D eigenvalue weighted by atomic mass is 19.1. The summed E-state index contributed by atoms with van der Waals surface area (Å²) in [5.74, 6) is -1.40. The lowest BCUT2D eigenvalue weighted by Crippen LogP contribution is -2.70. The molecule has 3 aromatic rings. The highest BCUT2D eigenvalue weighted by Gasteiger charge is 2.55. The summed E-state index contributed by atoms with van der Waals surface area (Å²) in [6, 6.07) is 15.8. The first-order chi connectivity index (χ1) is 15.1. The van der Waals surface area contributed by atoms with Crippen LogP contribution in [0.25, 0.3) is 0 Å². The van der Waals surface area contributed by atoms with Crippen molar-refractivity contribution in [2.24, 2.45) is 0 Å². The second kappa shape index (κ2) is 7.59. The van der Waals surface area contributed by atoms with Crippen molar-refractivity contribution < 1.29 is 19.1 Å². The molecule has 3 heterocycles. The molecule has 0 saturated carbocycles. The third-order valence-corrected chi connectivity index (χ3v) is 6.20. The predicted octanol–water partition coefficient (Wildman–Crippen LogP) is 2.85. The number of carbonyl (C=O) groups is 2. The highest BCUT2D eigenvalue weighted by molar-refractivity contribution is 6.07. The fraction of sp³-hybridized carbons (Fsp3) is 0.208. The van der Waals surface area contributed by atoms with Gasteiger partial charge in [0, 0.05) is 36.1 Å². The van der Waals surface area contributed by atoms with E-state index in [1.54, 1.807) is 35.5 Å². The summed E-state index contributed by atoms with van der Waals surface area (Å²) in [4.78, 5) is 33.6. The van der Waals surface area contributed by atoms with Gasteiger partial charge in [0.1, 0.15) is 5.82 Å². The van der Waals surface area contributed by atoms with Gasteiger partial charge in [0.15, 0.2) is 0 Å². The molecule has 0 bridgehead atoms. The van der Waals surface area contributed by atoms with Gasteiger partial charge in [0.05, 0.1) is 24.3 Å². The molecule has 7 heteroatoms. The van der Waals surface area contributed by atoms with Gasteiger partial charge in [-0.2, -0.15) is 0 Å². The highest BCUT2D eigenvalue weighted by Crippen LogP contribution is 2.49. The quantitative estimate of drug-likeness (QED) is 0.711. The molecule has 2 amide bonds. The number of aromatic nitrogens is 1. The van der Waals surface area contributed by atoms with E-state index in [-0.39, 0.29) is 36.6 Å². The van der Waals surface area contributed by atoms with E-state index < -0.39 is 17.8 Å². The molecule has 5 rings (SSSR count). The molecule has 1 fully saturated rings. The van der Waals surface area contributed by atoms with E-state index in [1.807, 2.05) is 24.3 Å². The first-order valence-corrected chi connectivity index (χ1v) is 10.1. The Morgan fingerprint density at radius 1 is 1.00 bits per heavy atom. The molecule has 0 aliphatic carbocycles. The van der Waals surface area contributed by atoms with Crippen LogP contribution in [0, 0.1) is 5.82 Å². The molecule has 156 valence electrons. The van der Waals surface area contributed by atoms with Crippen molar-refractivity contribution >= 4 is 17.5 Å². The Hall–Kier alpha value is -3.58. The molecular weight excluding hydrogens is 397 g/mol. The number of likely N-dealkylation sites (tertiary alicyclic amines) is 1. The SMILES string of the molecule is O=C(c1ccncc1)N1C[C@H]2[C@@H](c3ccccc31)[C@@H](CO)N2C(=O)c1ccccc1F. The first-order valence-electron chi connectivity index (χ1n) is 10.1. The number of aliphatic hydroxyl groups is 1. The Labute approximate surface area is 178 Å². The van der Waals surface area contributed by atoms with Gasteiger partial charge in [-0.15, -0.1) is 0 Å². The summed E-state index contributed by atoms with van der Waals surface area (Å²) in [5, 5.41) is 10.1. The summed E-state index contributed by atoms with van der Waals surface area (Å²) < 4.78 is 14.3. The summed E-state index contributed by atoms with van der Waals surface area (Å²) >= 11 is 0. The Bertz CT molecular complexity index is 1150. The van der Waals surface area contributed by atoms with Crippen LogP contribution in [0.2, 0.25) is 0 Å². The molecule has 0 unspecified atom stereocenters. The zero-order valence-corrected chi connectivity index (χ0v) is 16.6. The van der Waals surface area contributed by atoms with Gasteiger partial charge < -0.3 is 14.9 Å². The van der Waals surface area contributed by atoms with Crippen LogP contribution in [-0.4, -0.2) is 52.0 Å². The average molecular weight is 417 g/mol. The van der Waals surface area contributed by atoms with Gasteiger partial charge in [-0.25, -0.2) is 4.39 Å². The van der Waals surface area contributed by atoms with Crippen molar-refractivity contribution in [2.75, 3.05) is 18.1 Å². The Balaban J connectivity index is 1.54. The Morgan fingerprint density at radius 2 is 1.71 bits per heavy atom. The minimum absolute atomic E-state index is 0.0368. The monoisotopic (exact) mass is 417 g/mol. The van der Waals surface area contributed by atoms with Crippen molar-refractivity contribution in [3.05, 3.63) is 95.6 Å². The zero-order valence-electron chi connectivity index (χ0n) is 16.6. The van der Waals surface area contributed by atoms with E-state index >= 15 is 0 Å². The van der Waals surface area contributed by atoms with Gasteiger partial charge in [-0.1, -0.05) is 30.3 Å². The van der Waals surface area contributed by atoms with Crippen LogP contribution < -0.4 is 4.90 Å². The lowest BCUT2D eigenvalue weighted by Gasteiger charge is -2.58. The van der Waals surface area contributed by atoms with E-state index in [0.29, 0.717) is 5.56 Å². The number of anilines is 1. The zero-order chi connectivity index (χ0) is 21.5. The number of hydrogen-bond acceptors (Lipinski definition) is 4. The number of nitrogens with zero attached hydrogens (tertiary/aromatic N) is 3. The van der Waals surface area contributed by atoms with E-state index in [2.05, 4.69) is 4.98 Å². The lowest BCUT2D eigenvalue weighted by atomic mass is 9.71. The molecule has 1 aromatic heterocycles. The predicted molar refractivity (Wildman–Crippen MR) is 112 cm³/mol. The van der Waals surface area contributed by atoms with Crippen molar-refractivity contribution in [2.45, 2.75) is 18.0 Å². The van der Waals surface area contributed by atoms with Crippen molar-refractivity contribution in [1.29, 1.82) is 0 Å². The molecule has 1 saturated heterocycles. The molecule has 1 N–H and O–H groups in total. The number of hydrogen-bond donors (Lipinski definition) is 1.